The molecule has 1 aromatic heterocycles. The van der Waals surface area contributed by atoms with Crippen LogP contribution in [0.1, 0.15) is 51.8 Å². The van der Waals surface area contributed by atoms with Crippen LogP contribution in [-0.4, -0.2) is 33.8 Å². The number of nitrogens with zero attached hydrogens (tertiary/aromatic N) is 2. The van der Waals surface area contributed by atoms with E-state index in [0.717, 1.165) is 17.7 Å². The van der Waals surface area contributed by atoms with Crippen molar-refractivity contribution in [2.45, 2.75) is 58.4 Å². The summed E-state index contributed by atoms with van der Waals surface area (Å²) >= 11 is 5.28. The summed E-state index contributed by atoms with van der Waals surface area (Å²) in [5.74, 6) is 2.07. The van der Waals surface area contributed by atoms with Crippen molar-refractivity contribution in [3.05, 3.63) is 30.2 Å². The Balaban J connectivity index is 1.40. The Labute approximate surface area is 182 Å². The SMILES string of the molecule is CCOc1ccc(-c2noc(CCC(=O)NNC(=S)NC3CCCCC3C)n2)cc1. The van der Waals surface area contributed by atoms with Gasteiger partial charge in [0.1, 0.15) is 5.75 Å². The zero-order chi connectivity index (χ0) is 21.3. The third-order valence-corrected chi connectivity index (χ3v) is 5.42. The molecule has 9 heteroatoms. The van der Waals surface area contributed by atoms with Gasteiger partial charge in [-0.05, 0) is 62.2 Å². The van der Waals surface area contributed by atoms with Crippen molar-refractivity contribution in [3.63, 3.8) is 0 Å². The first-order valence-electron chi connectivity index (χ1n) is 10.5. The van der Waals surface area contributed by atoms with Crippen LogP contribution in [0.2, 0.25) is 0 Å². The number of aryl methyl sites for hydroxylation is 1. The molecule has 1 fully saturated rings. The topological polar surface area (TPSA) is 101 Å². The molecule has 8 nitrogen and oxygen atoms in total. The Kier molecular flexibility index (Phi) is 8.01. The normalized spacial score (nSPS) is 18.5. The molecule has 0 bridgehead atoms. The van der Waals surface area contributed by atoms with Crippen LogP contribution in [0.25, 0.3) is 11.4 Å². The molecule has 0 saturated heterocycles. The summed E-state index contributed by atoms with van der Waals surface area (Å²) in [6, 6.07) is 7.82. The second kappa shape index (κ2) is 10.9. The maximum atomic E-state index is 12.1. The first-order chi connectivity index (χ1) is 14.5. The highest BCUT2D eigenvalue weighted by atomic mass is 32.1. The Morgan fingerprint density at radius 2 is 2.00 bits per heavy atom. The molecule has 162 valence electrons. The average molecular weight is 432 g/mol. The molecule has 0 aliphatic heterocycles. The molecule has 0 spiro atoms. The molecule has 2 atom stereocenters. The molecular weight excluding hydrogens is 402 g/mol. The van der Waals surface area contributed by atoms with E-state index in [1.165, 1.54) is 19.3 Å². The van der Waals surface area contributed by atoms with Gasteiger partial charge in [0.2, 0.25) is 17.6 Å². The van der Waals surface area contributed by atoms with Gasteiger partial charge in [-0.1, -0.05) is 24.9 Å². The first-order valence-corrected chi connectivity index (χ1v) is 10.9. The van der Waals surface area contributed by atoms with Gasteiger partial charge in [0, 0.05) is 24.4 Å². The Morgan fingerprint density at radius 3 is 2.73 bits per heavy atom. The first kappa shape index (κ1) is 22.0. The van der Waals surface area contributed by atoms with Crippen LogP contribution < -0.4 is 20.9 Å². The van der Waals surface area contributed by atoms with Crippen molar-refractivity contribution >= 4 is 23.2 Å². The van der Waals surface area contributed by atoms with Crippen molar-refractivity contribution < 1.29 is 14.1 Å². The molecule has 1 heterocycles. The average Bonchev–Trinajstić information content (AvgIpc) is 3.22. The number of nitrogens with one attached hydrogen (secondary N) is 3. The summed E-state index contributed by atoms with van der Waals surface area (Å²) in [5, 5.41) is 7.71. The molecule has 1 saturated carbocycles. The van der Waals surface area contributed by atoms with Gasteiger partial charge in [-0.15, -0.1) is 0 Å². The van der Waals surface area contributed by atoms with E-state index in [4.69, 9.17) is 21.5 Å². The number of benzene rings is 1. The van der Waals surface area contributed by atoms with E-state index in [2.05, 4.69) is 33.2 Å². The van der Waals surface area contributed by atoms with E-state index in [1.54, 1.807) is 0 Å². The number of ether oxygens (including phenoxy) is 1. The van der Waals surface area contributed by atoms with Crippen LogP contribution in [-0.2, 0) is 11.2 Å². The summed E-state index contributed by atoms with van der Waals surface area (Å²) in [6.07, 6.45) is 5.34. The molecule has 3 rings (SSSR count). The van der Waals surface area contributed by atoms with Crippen molar-refractivity contribution in [2.75, 3.05) is 6.61 Å². The fourth-order valence-electron chi connectivity index (χ4n) is 3.49. The minimum atomic E-state index is -0.198. The zero-order valence-corrected chi connectivity index (χ0v) is 18.3. The smallest absolute Gasteiger partial charge is 0.238 e. The molecule has 2 unspecified atom stereocenters. The number of amides is 1. The van der Waals surface area contributed by atoms with E-state index in [-0.39, 0.29) is 12.3 Å². The molecule has 1 aliphatic carbocycles. The van der Waals surface area contributed by atoms with Gasteiger partial charge in [-0.3, -0.25) is 15.6 Å². The maximum Gasteiger partial charge on any atom is 0.238 e. The van der Waals surface area contributed by atoms with Gasteiger partial charge in [0.25, 0.3) is 0 Å². The van der Waals surface area contributed by atoms with Crippen LogP contribution in [0.15, 0.2) is 28.8 Å². The third kappa shape index (κ3) is 6.41. The summed E-state index contributed by atoms with van der Waals surface area (Å²) in [7, 11) is 0. The molecule has 3 N–H and O–H groups in total. The summed E-state index contributed by atoms with van der Waals surface area (Å²) in [6.45, 7) is 4.78. The largest absolute Gasteiger partial charge is 0.494 e. The lowest BCUT2D eigenvalue weighted by atomic mass is 9.86. The number of hydrogen-bond donors (Lipinski definition) is 3. The quantitative estimate of drug-likeness (QED) is 0.454. The number of carbonyl (C=O) groups excluding carboxylic acids is 1. The maximum absolute atomic E-state index is 12.1. The highest BCUT2D eigenvalue weighted by molar-refractivity contribution is 7.80. The molecule has 1 aromatic carbocycles. The number of rotatable bonds is 7. The lowest BCUT2D eigenvalue weighted by Gasteiger charge is -2.30. The van der Waals surface area contributed by atoms with Crippen LogP contribution in [0.3, 0.4) is 0 Å². The van der Waals surface area contributed by atoms with Crippen LogP contribution in [0.5, 0.6) is 5.75 Å². The zero-order valence-electron chi connectivity index (χ0n) is 17.4. The van der Waals surface area contributed by atoms with E-state index in [0.29, 0.717) is 41.8 Å². The number of thiocarbonyl (C=S) groups is 1. The lowest BCUT2D eigenvalue weighted by Crippen LogP contribution is -2.51. The molecule has 30 heavy (non-hydrogen) atoms. The van der Waals surface area contributed by atoms with Crippen LogP contribution in [0.4, 0.5) is 0 Å². The lowest BCUT2D eigenvalue weighted by molar-refractivity contribution is -0.121. The summed E-state index contributed by atoms with van der Waals surface area (Å²) in [4.78, 5) is 16.4. The molecular formula is C21H29N5O3S. The van der Waals surface area contributed by atoms with Crippen molar-refractivity contribution in [3.8, 4) is 17.1 Å². The molecule has 2 aromatic rings. The van der Waals surface area contributed by atoms with Crippen molar-refractivity contribution in [1.29, 1.82) is 0 Å². The van der Waals surface area contributed by atoms with Gasteiger partial charge >= 0.3 is 0 Å². The Bertz CT molecular complexity index is 839. The van der Waals surface area contributed by atoms with Gasteiger partial charge in [0.05, 0.1) is 6.61 Å². The minimum absolute atomic E-state index is 0.198. The van der Waals surface area contributed by atoms with Crippen molar-refractivity contribution in [1.82, 2.24) is 26.3 Å². The van der Waals surface area contributed by atoms with E-state index >= 15 is 0 Å². The standard InChI is InChI=1S/C21H29N5O3S/c1-3-28-16-10-8-15(9-11-16)20-23-19(29-26-20)13-12-18(27)24-25-21(30)22-17-7-5-4-6-14(17)2/h8-11,14,17H,3-7,12-13H2,1-2H3,(H,24,27)(H2,22,25,30). The third-order valence-electron chi connectivity index (χ3n) is 5.20. The molecule has 0 radical (unpaired) electrons. The number of aromatic nitrogens is 2. The fraction of sp³-hybridized carbons (Fsp3) is 0.524. The second-order valence-corrected chi connectivity index (χ2v) is 7.89. The van der Waals surface area contributed by atoms with E-state index < -0.39 is 0 Å². The highest BCUT2D eigenvalue weighted by Crippen LogP contribution is 2.23. The van der Waals surface area contributed by atoms with E-state index in [9.17, 15) is 4.79 Å². The van der Waals surface area contributed by atoms with Crippen LogP contribution in [0, 0.1) is 5.92 Å². The predicted molar refractivity (Wildman–Crippen MR) is 118 cm³/mol. The van der Waals surface area contributed by atoms with Gasteiger partial charge in [-0.25, -0.2) is 0 Å². The predicted octanol–water partition coefficient (Wildman–Crippen LogP) is 3.14. The van der Waals surface area contributed by atoms with Gasteiger partial charge in [0.15, 0.2) is 5.11 Å². The van der Waals surface area contributed by atoms with Gasteiger partial charge in [-0.2, -0.15) is 4.98 Å². The number of carbonyl (C=O) groups is 1. The summed E-state index contributed by atoms with van der Waals surface area (Å²) in [5.41, 5.74) is 6.22. The van der Waals surface area contributed by atoms with E-state index in [1.807, 2.05) is 31.2 Å². The van der Waals surface area contributed by atoms with Crippen molar-refractivity contribution in [2.24, 2.45) is 5.92 Å². The second-order valence-electron chi connectivity index (χ2n) is 7.48. The molecule has 1 aliphatic rings. The highest BCUT2D eigenvalue weighted by Gasteiger charge is 2.21. The Hall–Kier alpha value is -2.68. The number of hydrogen-bond acceptors (Lipinski definition) is 6. The summed E-state index contributed by atoms with van der Waals surface area (Å²) < 4.78 is 10.7. The minimum Gasteiger partial charge on any atom is -0.494 e. The number of hydrazine groups is 1. The fourth-order valence-corrected chi connectivity index (χ4v) is 3.69. The monoisotopic (exact) mass is 431 g/mol. The van der Waals surface area contributed by atoms with Gasteiger partial charge < -0.3 is 14.6 Å². The Morgan fingerprint density at radius 1 is 1.23 bits per heavy atom. The molecule has 1 amide bonds. The van der Waals surface area contributed by atoms with Crippen LogP contribution >= 0.6 is 12.2 Å².